The van der Waals surface area contributed by atoms with Gasteiger partial charge in [-0.2, -0.15) is 0 Å². The number of anilines is 3. The van der Waals surface area contributed by atoms with Crippen molar-refractivity contribution in [2.75, 3.05) is 23.3 Å². The number of aromatic nitrogens is 2. The van der Waals surface area contributed by atoms with E-state index in [4.69, 9.17) is 38.9 Å². The SMILES string of the molecule is CCCc1cnc2ccc(-c3cc(Cl)c(O)c(Cl)c3)cc2c1Nc1ccc(N2CCCC(N)C2)nc1. The van der Waals surface area contributed by atoms with Crippen molar-refractivity contribution in [1.82, 2.24) is 9.97 Å². The first kappa shape index (κ1) is 24.6. The number of aromatic hydroxyl groups is 1. The van der Waals surface area contributed by atoms with Crippen LogP contribution in [-0.4, -0.2) is 34.2 Å². The van der Waals surface area contributed by atoms with E-state index in [1.54, 1.807) is 12.1 Å². The average Bonchev–Trinajstić information content (AvgIpc) is 2.88. The zero-order chi connectivity index (χ0) is 25.2. The number of fused-ring (bicyclic) bond motifs is 1. The number of benzene rings is 2. The van der Waals surface area contributed by atoms with Crippen molar-refractivity contribution >= 4 is 51.3 Å². The van der Waals surface area contributed by atoms with E-state index in [-0.39, 0.29) is 21.8 Å². The van der Waals surface area contributed by atoms with Crippen LogP contribution < -0.4 is 16.0 Å². The maximum atomic E-state index is 9.97. The number of nitrogens with one attached hydrogen (secondary N) is 1. The molecule has 4 aromatic rings. The van der Waals surface area contributed by atoms with Gasteiger partial charge in [0.1, 0.15) is 5.82 Å². The summed E-state index contributed by atoms with van der Waals surface area (Å²) in [7, 11) is 0. The Balaban J connectivity index is 1.52. The molecule has 186 valence electrons. The lowest BCUT2D eigenvalue weighted by atomic mass is 9.99. The van der Waals surface area contributed by atoms with Crippen molar-refractivity contribution in [3.8, 4) is 16.9 Å². The summed E-state index contributed by atoms with van der Waals surface area (Å²) < 4.78 is 0. The van der Waals surface area contributed by atoms with Gasteiger partial charge >= 0.3 is 0 Å². The highest BCUT2D eigenvalue weighted by molar-refractivity contribution is 6.37. The standard InChI is InChI=1S/C28H29Cl2N5O/c1-2-4-18-14-32-25-8-6-17(19-12-23(29)28(36)24(30)13-19)11-22(25)27(18)34-21-7-9-26(33-15-21)35-10-3-5-20(31)16-35/h6-9,11-15,20,36H,2-5,10,16,31H2,1H3,(H,32,34). The summed E-state index contributed by atoms with van der Waals surface area (Å²) in [6.45, 7) is 3.98. The Labute approximate surface area is 221 Å². The lowest BCUT2D eigenvalue weighted by Gasteiger charge is -2.31. The van der Waals surface area contributed by atoms with Gasteiger partial charge in [-0.1, -0.05) is 42.6 Å². The number of hydrogen-bond acceptors (Lipinski definition) is 6. The third-order valence-electron chi connectivity index (χ3n) is 6.62. The van der Waals surface area contributed by atoms with Crippen LogP contribution in [0.4, 0.5) is 17.2 Å². The molecule has 0 aliphatic carbocycles. The molecular formula is C28H29Cl2N5O. The molecule has 2 aromatic carbocycles. The Morgan fingerprint density at radius 3 is 2.56 bits per heavy atom. The number of piperidine rings is 1. The molecule has 0 bridgehead atoms. The highest BCUT2D eigenvalue weighted by Gasteiger charge is 2.18. The molecule has 0 spiro atoms. The smallest absolute Gasteiger partial charge is 0.152 e. The Morgan fingerprint density at radius 2 is 1.86 bits per heavy atom. The number of phenols is 1. The maximum Gasteiger partial charge on any atom is 0.152 e. The van der Waals surface area contributed by atoms with Crippen molar-refractivity contribution in [3.05, 3.63) is 70.5 Å². The van der Waals surface area contributed by atoms with Crippen LogP contribution in [0.15, 0.2) is 54.9 Å². The molecule has 3 heterocycles. The predicted molar refractivity (Wildman–Crippen MR) is 150 cm³/mol. The van der Waals surface area contributed by atoms with E-state index in [9.17, 15) is 5.11 Å². The predicted octanol–water partition coefficient (Wildman–Crippen LogP) is 6.93. The van der Waals surface area contributed by atoms with E-state index in [0.717, 1.165) is 83.6 Å². The second-order valence-electron chi connectivity index (χ2n) is 9.31. The van der Waals surface area contributed by atoms with Crippen molar-refractivity contribution < 1.29 is 5.11 Å². The van der Waals surface area contributed by atoms with Crippen LogP contribution in [0.25, 0.3) is 22.0 Å². The van der Waals surface area contributed by atoms with Gasteiger partial charge in [-0.3, -0.25) is 4.98 Å². The summed E-state index contributed by atoms with van der Waals surface area (Å²) in [6, 6.07) is 13.8. The Morgan fingerprint density at radius 1 is 1.06 bits per heavy atom. The topological polar surface area (TPSA) is 87.3 Å². The van der Waals surface area contributed by atoms with E-state index >= 15 is 0 Å². The molecule has 36 heavy (non-hydrogen) atoms. The molecule has 4 N–H and O–H groups in total. The zero-order valence-corrected chi connectivity index (χ0v) is 21.7. The molecule has 0 saturated carbocycles. The largest absolute Gasteiger partial charge is 0.505 e. The number of rotatable bonds is 6. The second-order valence-corrected chi connectivity index (χ2v) is 10.1. The van der Waals surface area contributed by atoms with Crippen molar-refractivity contribution in [2.45, 2.75) is 38.6 Å². The molecular weight excluding hydrogens is 493 g/mol. The highest BCUT2D eigenvalue weighted by atomic mass is 35.5. The maximum absolute atomic E-state index is 9.97. The summed E-state index contributed by atoms with van der Waals surface area (Å²) in [5, 5.41) is 15.0. The molecule has 1 aliphatic heterocycles. The van der Waals surface area contributed by atoms with Crippen LogP contribution >= 0.6 is 23.2 Å². The monoisotopic (exact) mass is 521 g/mol. The van der Waals surface area contributed by atoms with Gasteiger partial charge in [-0.05, 0) is 72.4 Å². The molecule has 0 amide bonds. The minimum atomic E-state index is -0.111. The molecule has 1 unspecified atom stereocenters. The van der Waals surface area contributed by atoms with Gasteiger partial charge in [-0.25, -0.2) is 4.98 Å². The molecule has 0 radical (unpaired) electrons. The fourth-order valence-corrected chi connectivity index (χ4v) is 5.25. The van der Waals surface area contributed by atoms with Gasteiger partial charge in [0.2, 0.25) is 0 Å². The van der Waals surface area contributed by atoms with E-state index < -0.39 is 0 Å². The van der Waals surface area contributed by atoms with Crippen LogP contribution in [0, 0.1) is 0 Å². The lowest BCUT2D eigenvalue weighted by Crippen LogP contribution is -2.43. The van der Waals surface area contributed by atoms with Crippen molar-refractivity contribution in [2.24, 2.45) is 5.73 Å². The Hall–Kier alpha value is -3.06. The summed E-state index contributed by atoms with van der Waals surface area (Å²) in [4.78, 5) is 11.7. The number of halogens is 2. The lowest BCUT2D eigenvalue weighted by molar-refractivity contribution is 0.476. The summed E-state index contributed by atoms with van der Waals surface area (Å²) >= 11 is 12.4. The van der Waals surface area contributed by atoms with Crippen LogP contribution in [0.3, 0.4) is 0 Å². The number of nitrogens with zero attached hydrogens (tertiary/aromatic N) is 3. The fourth-order valence-electron chi connectivity index (χ4n) is 4.76. The van der Waals surface area contributed by atoms with Gasteiger partial charge in [0.05, 0.1) is 33.1 Å². The number of phenolic OH excluding ortho intramolecular Hbond substituents is 1. The summed E-state index contributed by atoms with van der Waals surface area (Å²) in [5.41, 5.74) is 11.8. The number of nitrogens with two attached hydrogens (primary N) is 1. The third kappa shape index (κ3) is 5.07. The summed E-state index contributed by atoms with van der Waals surface area (Å²) in [6.07, 6.45) is 7.86. The first-order chi connectivity index (χ1) is 17.4. The molecule has 5 rings (SSSR count). The van der Waals surface area contributed by atoms with E-state index in [0.29, 0.717) is 0 Å². The van der Waals surface area contributed by atoms with Gasteiger partial charge < -0.3 is 21.1 Å². The molecule has 1 atom stereocenters. The summed E-state index contributed by atoms with van der Waals surface area (Å²) in [5.74, 6) is 0.840. The van der Waals surface area contributed by atoms with Gasteiger partial charge in [0.15, 0.2) is 5.75 Å². The average molecular weight is 522 g/mol. The van der Waals surface area contributed by atoms with Gasteiger partial charge in [-0.15, -0.1) is 0 Å². The van der Waals surface area contributed by atoms with E-state index in [1.807, 2.05) is 24.5 Å². The first-order valence-electron chi connectivity index (χ1n) is 12.3. The number of aryl methyl sites for hydroxylation is 1. The normalized spacial score (nSPS) is 15.9. The van der Waals surface area contributed by atoms with Crippen LogP contribution in [0.1, 0.15) is 31.7 Å². The molecule has 1 aliphatic rings. The zero-order valence-electron chi connectivity index (χ0n) is 20.1. The highest BCUT2D eigenvalue weighted by Crippen LogP contribution is 2.38. The Bertz CT molecular complexity index is 1370. The molecule has 2 aromatic heterocycles. The minimum absolute atomic E-state index is 0.111. The van der Waals surface area contributed by atoms with Gasteiger partial charge in [0, 0.05) is 30.7 Å². The van der Waals surface area contributed by atoms with Crippen LogP contribution in [-0.2, 0) is 6.42 Å². The van der Waals surface area contributed by atoms with Crippen LogP contribution in [0.2, 0.25) is 10.0 Å². The van der Waals surface area contributed by atoms with Gasteiger partial charge in [0.25, 0.3) is 0 Å². The van der Waals surface area contributed by atoms with E-state index in [2.05, 4.69) is 35.3 Å². The molecule has 6 nitrogen and oxygen atoms in total. The number of hydrogen-bond donors (Lipinski definition) is 3. The first-order valence-corrected chi connectivity index (χ1v) is 13.0. The molecule has 1 fully saturated rings. The van der Waals surface area contributed by atoms with Crippen LogP contribution in [0.5, 0.6) is 5.75 Å². The quantitative estimate of drug-likeness (QED) is 0.255. The van der Waals surface area contributed by atoms with E-state index in [1.165, 1.54) is 0 Å². The second kappa shape index (κ2) is 10.5. The molecule has 8 heteroatoms. The third-order valence-corrected chi connectivity index (χ3v) is 7.19. The van der Waals surface area contributed by atoms with Crippen molar-refractivity contribution in [1.29, 1.82) is 0 Å². The minimum Gasteiger partial charge on any atom is -0.505 e. The Kier molecular flexibility index (Phi) is 7.19. The molecule has 1 saturated heterocycles. The number of pyridine rings is 2. The van der Waals surface area contributed by atoms with Crippen molar-refractivity contribution in [3.63, 3.8) is 0 Å². The fraction of sp³-hybridized carbons (Fsp3) is 0.286.